The number of rotatable bonds is 4. The molecule has 0 aliphatic carbocycles. The maximum absolute atomic E-state index is 11.8. The second-order valence-corrected chi connectivity index (χ2v) is 4.39. The predicted molar refractivity (Wildman–Crippen MR) is 72.5 cm³/mol. The highest BCUT2D eigenvalue weighted by Gasteiger charge is 2.12. The monoisotopic (exact) mass is 277 g/mol. The van der Waals surface area contributed by atoms with Crippen LogP contribution < -0.4 is 15.5 Å². The Morgan fingerprint density at radius 3 is 2.75 bits per heavy atom. The minimum absolute atomic E-state index is 0.169. The van der Waals surface area contributed by atoms with Gasteiger partial charge < -0.3 is 20.9 Å². The van der Waals surface area contributed by atoms with Crippen molar-refractivity contribution in [2.45, 2.75) is 13.8 Å². The van der Waals surface area contributed by atoms with E-state index >= 15 is 0 Å². The lowest BCUT2D eigenvalue weighted by Crippen LogP contribution is -2.34. The zero-order valence-corrected chi connectivity index (χ0v) is 11.2. The number of hydrogen-bond donors (Lipinski definition) is 3. The van der Waals surface area contributed by atoms with Gasteiger partial charge in [-0.1, -0.05) is 0 Å². The van der Waals surface area contributed by atoms with E-state index < -0.39 is 6.09 Å². The molecule has 2 aromatic rings. The molecule has 1 aromatic carbocycles. The van der Waals surface area contributed by atoms with Gasteiger partial charge in [-0.15, -0.1) is 0 Å². The third-order valence-corrected chi connectivity index (χ3v) is 2.89. The van der Waals surface area contributed by atoms with Crippen LogP contribution in [0.5, 0.6) is 0 Å². The number of nitrogens with zero attached hydrogens (tertiary/aromatic N) is 3. The molecule has 3 N–H and O–H groups in total. The van der Waals surface area contributed by atoms with Crippen molar-refractivity contribution in [3.8, 4) is 0 Å². The van der Waals surface area contributed by atoms with Crippen LogP contribution in [0.2, 0.25) is 0 Å². The van der Waals surface area contributed by atoms with E-state index in [1.807, 2.05) is 19.9 Å². The van der Waals surface area contributed by atoms with E-state index in [1.165, 1.54) is 0 Å². The summed E-state index contributed by atoms with van der Waals surface area (Å²) in [6.07, 6.45) is -1.10. The highest BCUT2D eigenvalue weighted by atomic mass is 16.5. The second-order valence-electron chi connectivity index (χ2n) is 4.39. The molecule has 20 heavy (non-hydrogen) atoms. The minimum atomic E-state index is -1.10. The van der Waals surface area contributed by atoms with E-state index in [0.29, 0.717) is 22.4 Å². The largest absolute Gasteiger partial charge is 0.594 e. The first-order chi connectivity index (χ1) is 9.47. The SMILES string of the molecule is Cc1cc2nc(NCCNC(=O)O)n[n+]([O-])c2cc1C. The highest BCUT2D eigenvalue weighted by Crippen LogP contribution is 2.15. The van der Waals surface area contributed by atoms with Gasteiger partial charge in [0.1, 0.15) is 5.52 Å². The fourth-order valence-electron chi connectivity index (χ4n) is 1.72. The summed E-state index contributed by atoms with van der Waals surface area (Å²) in [4.78, 5) is 15.0. The number of aryl methyl sites for hydroxylation is 2. The molecule has 0 bridgehead atoms. The number of carbonyl (C=O) groups is 1. The molecule has 8 nitrogen and oxygen atoms in total. The van der Waals surface area contributed by atoms with Crippen LogP contribution in [0.15, 0.2) is 12.1 Å². The molecule has 0 aliphatic rings. The topological polar surface area (TPSA) is 114 Å². The molecule has 0 saturated carbocycles. The molecule has 0 saturated heterocycles. The summed E-state index contributed by atoms with van der Waals surface area (Å²) < 4.78 is 0. The Kier molecular flexibility index (Phi) is 3.83. The summed E-state index contributed by atoms with van der Waals surface area (Å²) in [6, 6.07) is 3.56. The summed E-state index contributed by atoms with van der Waals surface area (Å²) in [5.74, 6) is 0.169. The summed E-state index contributed by atoms with van der Waals surface area (Å²) >= 11 is 0. The lowest BCUT2D eigenvalue weighted by molar-refractivity contribution is -0.641. The van der Waals surface area contributed by atoms with E-state index in [0.717, 1.165) is 11.1 Å². The molecule has 0 fully saturated rings. The van der Waals surface area contributed by atoms with Gasteiger partial charge in [-0.25, -0.2) is 9.78 Å². The normalized spacial score (nSPS) is 10.5. The summed E-state index contributed by atoms with van der Waals surface area (Å²) in [5.41, 5.74) is 2.99. The number of carboxylic acid groups (broad SMARTS) is 1. The van der Waals surface area contributed by atoms with Crippen LogP contribution >= 0.6 is 0 Å². The Hall–Kier alpha value is -2.64. The predicted octanol–water partition coefficient (Wildman–Crippen LogP) is 0.560. The van der Waals surface area contributed by atoms with Gasteiger partial charge in [-0.05, 0) is 35.9 Å². The van der Waals surface area contributed by atoms with Gasteiger partial charge in [-0.3, -0.25) is 0 Å². The number of benzene rings is 1. The van der Waals surface area contributed by atoms with Gasteiger partial charge in [0.15, 0.2) is 0 Å². The molecule has 0 aliphatic heterocycles. The van der Waals surface area contributed by atoms with Crippen LogP contribution in [0.4, 0.5) is 10.7 Å². The molecule has 106 valence electrons. The van der Waals surface area contributed by atoms with Crippen molar-refractivity contribution in [1.29, 1.82) is 0 Å². The Morgan fingerprint density at radius 2 is 2.05 bits per heavy atom. The van der Waals surface area contributed by atoms with Gasteiger partial charge in [-0.2, -0.15) is 0 Å². The van der Waals surface area contributed by atoms with Crippen molar-refractivity contribution in [3.63, 3.8) is 0 Å². The molecule has 1 aromatic heterocycles. The van der Waals surface area contributed by atoms with Crippen LogP contribution in [0.25, 0.3) is 11.0 Å². The summed E-state index contributed by atoms with van der Waals surface area (Å²) in [6.45, 7) is 4.35. The van der Waals surface area contributed by atoms with Crippen molar-refractivity contribution < 1.29 is 14.7 Å². The molecule has 0 radical (unpaired) electrons. The maximum Gasteiger partial charge on any atom is 0.404 e. The summed E-state index contributed by atoms with van der Waals surface area (Å²) in [7, 11) is 0. The van der Waals surface area contributed by atoms with Crippen LogP contribution in [-0.4, -0.2) is 34.4 Å². The highest BCUT2D eigenvalue weighted by molar-refractivity contribution is 5.73. The molecule has 8 heteroatoms. The number of hydrogen-bond acceptors (Lipinski definition) is 5. The molecular formula is C12H15N5O3. The molecule has 0 spiro atoms. The van der Waals surface area contributed by atoms with Crippen molar-refractivity contribution in [1.82, 2.24) is 15.4 Å². The minimum Gasteiger partial charge on any atom is -0.594 e. The summed E-state index contributed by atoms with van der Waals surface area (Å²) in [5, 5.41) is 29.0. The van der Waals surface area contributed by atoms with Crippen LogP contribution in [-0.2, 0) is 0 Å². The number of amides is 1. The van der Waals surface area contributed by atoms with Crippen LogP contribution in [0, 0.1) is 19.1 Å². The van der Waals surface area contributed by atoms with Crippen molar-refractivity contribution in [2.24, 2.45) is 0 Å². The van der Waals surface area contributed by atoms with Gasteiger partial charge in [0.2, 0.25) is 0 Å². The quantitative estimate of drug-likeness (QED) is 0.427. The van der Waals surface area contributed by atoms with Gasteiger partial charge >= 0.3 is 6.09 Å². The van der Waals surface area contributed by atoms with Crippen molar-refractivity contribution in [3.05, 3.63) is 28.5 Å². The first-order valence-corrected chi connectivity index (χ1v) is 6.07. The zero-order chi connectivity index (χ0) is 14.7. The molecule has 0 atom stereocenters. The number of anilines is 1. The van der Waals surface area contributed by atoms with E-state index in [-0.39, 0.29) is 12.5 Å². The Labute approximate surface area is 115 Å². The number of aromatic nitrogens is 3. The average molecular weight is 277 g/mol. The molecule has 2 rings (SSSR count). The van der Waals surface area contributed by atoms with E-state index in [4.69, 9.17) is 5.11 Å². The van der Waals surface area contributed by atoms with Crippen LogP contribution in [0.1, 0.15) is 11.1 Å². The Morgan fingerprint density at radius 1 is 1.35 bits per heavy atom. The standard InChI is InChI=1S/C12H15N5O3/c1-7-5-9-10(6-8(7)2)17(20)16-11(15-9)13-3-4-14-12(18)19/h5-6,14H,3-4H2,1-2H3,(H,18,19)(H,13,15,16). The first kappa shape index (κ1) is 13.8. The lowest BCUT2D eigenvalue weighted by Gasteiger charge is -2.06. The van der Waals surface area contributed by atoms with Crippen molar-refractivity contribution in [2.75, 3.05) is 18.4 Å². The average Bonchev–Trinajstić information content (AvgIpc) is 2.37. The Balaban J connectivity index is 2.19. The Bertz CT molecular complexity index is 659. The molecular weight excluding hydrogens is 262 g/mol. The van der Waals surface area contributed by atoms with E-state index in [1.54, 1.807) is 6.07 Å². The fraction of sp³-hybridized carbons (Fsp3) is 0.333. The zero-order valence-electron chi connectivity index (χ0n) is 11.2. The number of fused-ring (bicyclic) bond motifs is 1. The van der Waals surface area contributed by atoms with Crippen LogP contribution in [0.3, 0.4) is 0 Å². The second kappa shape index (κ2) is 5.55. The maximum atomic E-state index is 11.8. The third kappa shape index (κ3) is 3.02. The third-order valence-electron chi connectivity index (χ3n) is 2.89. The van der Waals surface area contributed by atoms with E-state index in [2.05, 4.69) is 20.7 Å². The fourth-order valence-corrected chi connectivity index (χ4v) is 1.72. The van der Waals surface area contributed by atoms with Gasteiger partial charge in [0.25, 0.3) is 11.5 Å². The lowest BCUT2D eigenvalue weighted by atomic mass is 10.1. The number of nitrogens with one attached hydrogen (secondary N) is 2. The van der Waals surface area contributed by atoms with E-state index in [9.17, 15) is 10.0 Å². The van der Waals surface area contributed by atoms with Gasteiger partial charge in [0, 0.05) is 19.2 Å². The molecule has 1 amide bonds. The smallest absolute Gasteiger partial charge is 0.404 e. The molecule has 1 heterocycles. The first-order valence-electron chi connectivity index (χ1n) is 6.07. The van der Waals surface area contributed by atoms with Crippen molar-refractivity contribution >= 4 is 23.1 Å². The molecule has 0 unspecified atom stereocenters. The van der Waals surface area contributed by atoms with Gasteiger partial charge in [0.05, 0.1) is 5.10 Å².